The Morgan fingerprint density at radius 3 is 2.79 bits per heavy atom. The number of hydrogen-bond acceptors (Lipinski definition) is 7. The van der Waals surface area contributed by atoms with Crippen LogP contribution in [-0.4, -0.2) is 28.0 Å². The summed E-state index contributed by atoms with van der Waals surface area (Å²) >= 11 is 1.38. The van der Waals surface area contributed by atoms with E-state index in [1.165, 1.54) is 11.3 Å². The van der Waals surface area contributed by atoms with Crippen molar-refractivity contribution in [1.29, 1.82) is 0 Å². The number of aromatic nitrogens is 3. The number of carbonyl (C=O) groups is 1. The maximum absolute atomic E-state index is 12.2. The highest BCUT2D eigenvalue weighted by atomic mass is 32.1. The number of nitrogens with zero attached hydrogens (tertiary/aromatic N) is 3. The molecule has 0 fully saturated rings. The number of thiazole rings is 1. The summed E-state index contributed by atoms with van der Waals surface area (Å²) in [6, 6.07) is 11.3. The van der Waals surface area contributed by atoms with Crippen molar-refractivity contribution in [2.24, 2.45) is 0 Å². The summed E-state index contributed by atoms with van der Waals surface area (Å²) in [7, 11) is 1.62. The lowest BCUT2D eigenvalue weighted by atomic mass is 10.2. The van der Waals surface area contributed by atoms with Crippen LogP contribution in [0.15, 0.2) is 64.8 Å². The van der Waals surface area contributed by atoms with Crippen LogP contribution in [0.1, 0.15) is 12.3 Å². The molecule has 0 aliphatic rings. The van der Waals surface area contributed by atoms with Gasteiger partial charge < -0.3 is 14.5 Å². The number of pyridine rings is 1. The smallest absolute Gasteiger partial charge is 0.226 e. The van der Waals surface area contributed by atoms with Gasteiger partial charge in [-0.15, -0.1) is 11.3 Å². The van der Waals surface area contributed by atoms with E-state index < -0.39 is 0 Å². The first kappa shape index (κ1) is 18.8. The second-order valence-corrected chi connectivity index (χ2v) is 7.03. The fourth-order valence-electron chi connectivity index (χ4n) is 2.69. The van der Waals surface area contributed by atoms with Gasteiger partial charge >= 0.3 is 0 Å². The zero-order valence-corrected chi connectivity index (χ0v) is 16.5. The van der Waals surface area contributed by atoms with Crippen LogP contribution in [0.25, 0.3) is 22.6 Å². The Labute approximate surface area is 171 Å². The van der Waals surface area contributed by atoms with Crippen LogP contribution in [0.4, 0.5) is 5.13 Å². The molecule has 0 radical (unpaired) electrons. The normalized spacial score (nSPS) is 10.7. The third-order valence-electron chi connectivity index (χ3n) is 4.20. The van der Waals surface area contributed by atoms with Crippen molar-refractivity contribution < 1.29 is 13.9 Å². The number of oxazole rings is 1. The van der Waals surface area contributed by atoms with Gasteiger partial charge in [-0.05, 0) is 36.4 Å². The summed E-state index contributed by atoms with van der Waals surface area (Å²) in [6.45, 7) is 0. The van der Waals surface area contributed by atoms with Crippen molar-refractivity contribution in [3.63, 3.8) is 0 Å². The molecule has 0 saturated heterocycles. The van der Waals surface area contributed by atoms with Crippen LogP contribution in [-0.2, 0) is 11.2 Å². The third kappa shape index (κ3) is 4.67. The molecule has 0 aliphatic carbocycles. The van der Waals surface area contributed by atoms with Crippen LogP contribution >= 0.6 is 11.3 Å². The Bertz CT molecular complexity index is 1090. The fourth-order valence-corrected chi connectivity index (χ4v) is 3.43. The van der Waals surface area contributed by atoms with Crippen LogP contribution < -0.4 is 10.1 Å². The van der Waals surface area contributed by atoms with Crippen molar-refractivity contribution in [3.05, 3.63) is 66.3 Å². The highest BCUT2D eigenvalue weighted by molar-refractivity contribution is 7.14. The molecular formula is C21H18N4O3S. The summed E-state index contributed by atoms with van der Waals surface area (Å²) < 4.78 is 10.9. The number of carbonyl (C=O) groups excluding carboxylic acids is 1. The lowest BCUT2D eigenvalue weighted by Gasteiger charge is -2.01. The number of hydrogen-bond donors (Lipinski definition) is 1. The molecule has 0 spiro atoms. The highest BCUT2D eigenvalue weighted by Crippen LogP contribution is 2.25. The Kier molecular flexibility index (Phi) is 5.62. The summed E-state index contributed by atoms with van der Waals surface area (Å²) in [5, 5.41) is 5.26. The number of methoxy groups -OCH3 is 1. The van der Waals surface area contributed by atoms with Gasteiger partial charge in [0.15, 0.2) is 16.8 Å². The average molecular weight is 406 g/mol. The molecule has 0 bridgehead atoms. The number of ether oxygens (including phenoxy) is 1. The molecule has 3 heterocycles. The molecule has 4 rings (SSSR count). The van der Waals surface area contributed by atoms with E-state index in [2.05, 4.69) is 20.3 Å². The Morgan fingerprint density at radius 2 is 2.03 bits per heavy atom. The number of nitrogens with one attached hydrogen (secondary N) is 1. The predicted molar refractivity (Wildman–Crippen MR) is 111 cm³/mol. The molecule has 4 aromatic rings. The second-order valence-electron chi connectivity index (χ2n) is 6.17. The molecule has 1 N–H and O–H groups in total. The number of benzene rings is 1. The summed E-state index contributed by atoms with van der Waals surface area (Å²) in [5.41, 5.74) is 2.60. The largest absolute Gasteiger partial charge is 0.497 e. The van der Waals surface area contributed by atoms with Crippen LogP contribution in [0.3, 0.4) is 0 Å². The first-order valence-electron chi connectivity index (χ1n) is 8.96. The topological polar surface area (TPSA) is 90.1 Å². The van der Waals surface area contributed by atoms with Gasteiger partial charge in [-0.1, -0.05) is 0 Å². The summed E-state index contributed by atoms with van der Waals surface area (Å²) in [6.07, 6.45) is 5.77. The van der Waals surface area contributed by atoms with Gasteiger partial charge in [0.2, 0.25) is 5.91 Å². The quantitative estimate of drug-likeness (QED) is 0.488. The first-order chi connectivity index (χ1) is 14.2. The number of rotatable bonds is 7. The van der Waals surface area contributed by atoms with Gasteiger partial charge in [0, 0.05) is 41.7 Å². The zero-order valence-electron chi connectivity index (χ0n) is 15.7. The molecule has 1 amide bonds. The van der Waals surface area contributed by atoms with Gasteiger partial charge in [0.25, 0.3) is 0 Å². The molecular weight excluding hydrogens is 388 g/mol. The minimum absolute atomic E-state index is 0.138. The summed E-state index contributed by atoms with van der Waals surface area (Å²) in [4.78, 5) is 25.0. The standard InChI is InChI=1S/C21H18N4O3S/c1-27-16-6-4-14(5-7-16)18-12-23-20(28-18)9-8-19(26)25-21-24-17(13-29-21)15-3-2-10-22-11-15/h2-7,10-13H,8-9H2,1H3,(H,24,25,26). The molecule has 0 unspecified atom stereocenters. The lowest BCUT2D eigenvalue weighted by Crippen LogP contribution is -2.12. The Hall–Kier alpha value is -3.52. The molecule has 1 aromatic carbocycles. The molecule has 3 aromatic heterocycles. The number of aryl methyl sites for hydroxylation is 1. The van der Waals surface area contributed by atoms with Crippen LogP contribution in [0, 0.1) is 0 Å². The minimum Gasteiger partial charge on any atom is -0.497 e. The lowest BCUT2D eigenvalue weighted by molar-refractivity contribution is -0.116. The van der Waals surface area contributed by atoms with E-state index >= 15 is 0 Å². The first-order valence-corrected chi connectivity index (χ1v) is 9.84. The molecule has 146 valence electrons. The third-order valence-corrected chi connectivity index (χ3v) is 4.96. The Morgan fingerprint density at radius 1 is 1.17 bits per heavy atom. The molecule has 0 atom stereocenters. The molecule has 0 saturated carbocycles. The van der Waals surface area contributed by atoms with E-state index in [-0.39, 0.29) is 12.3 Å². The van der Waals surface area contributed by atoms with Gasteiger partial charge in [-0.25, -0.2) is 9.97 Å². The monoisotopic (exact) mass is 406 g/mol. The van der Waals surface area contributed by atoms with Gasteiger partial charge in [-0.3, -0.25) is 9.78 Å². The maximum atomic E-state index is 12.2. The maximum Gasteiger partial charge on any atom is 0.226 e. The fraction of sp³-hybridized carbons (Fsp3) is 0.143. The zero-order chi connectivity index (χ0) is 20.1. The van der Waals surface area contributed by atoms with Crippen LogP contribution in [0.2, 0.25) is 0 Å². The molecule has 8 heteroatoms. The van der Waals surface area contributed by atoms with Crippen molar-refractivity contribution in [3.8, 4) is 28.3 Å². The van der Waals surface area contributed by atoms with Crippen molar-refractivity contribution in [2.75, 3.05) is 12.4 Å². The van der Waals surface area contributed by atoms with E-state index in [9.17, 15) is 4.79 Å². The molecule has 7 nitrogen and oxygen atoms in total. The van der Waals surface area contributed by atoms with Crippen LogP contribution in [0.5, 0.6) is 5.75 Å². The Balaban J connectivity index is 1.32. The van der Waals surface area contributed by atoms with Crippen molar-refractivity contribution in [1.82, 2.24) is 15.0 Å². The van der Waals surface area contributed by atoms with E-state index in [1.54, 1.807) is 25.7 Å². The number of amides is 1. The van der Waals surface area contributed by atoms with E-state index in [4.69, 9.17) is 9.15 Å². The highest BCUT2D eigenvalue weighted by Gasteiger charge is 2.11. The summed E-state index contributed by atoms with van der Waals surface area (Å²) in [5.74, 6) is 1.81. The SMILES string of the molecule is COc1ccc(-c2cnc(CCC(=O)Nc3nc(-c4cccnc4)cs3)o2)cc1. The van der Waals surface area contributed by atoms with Gasteiger partial charge in [0.05, 0.1) is 19.0 Å². The van der Waals surface area contributed by atoms with E-state index in [0.29, 0.717) is 23.2 Å². The van der Waals surface area contributed by atoms with Gasteiger partial charge in [0.1, 0.15) is 5.75 Å². The molecule has 0 aliphatic heterocycles. The predicted octanol–water partition coefficient (Wildman–Crippen LogP) is 4.44. The minimum atomic E-state index is -0.138. The van der Waals surface area contributed by atoms with Gasteiger partial charge in [-0.2, -0.15) is 0 Å². The van der Waals surface area contributed by atoms with Crippen molar-refractivity contribution >= 4 is 22.4 Å². The van der Waals surface area contributed by atoms with E-state index in [1.807, 2.05) is 41.8 Å². The van der Waals surface area contributed by atoms with Crippen molar-refractivity contribution in [2.45, 2.75) is 12.8 Å². The number of anilines is 1. The average Bonchev–Trinajstić information content (AvgIpc) is 3.43. The van der Waals surface area contributed by atoms with E-state index in [0.717, 1.165) is 22.6 Å². The molecule has 29 heavy (non-hydrogen) atoms. The second kappa shape index (κ2) is 8.66.